The van der Waals surface area contributed by atoms with Crippen molar-refractivity contribution in [2.45, 2.75) is 97.3 Å². The van der Waals surface area contributed by atoms with E-state index in [4.69, 9.17) is 14.6 Å². The lowest BCUT2D eigenvalue weighted by Crippen LogP contribution is -2.45. The molecule has 0 fully saturated rings. The van der Waals surface area contributed by atoms with E-state index in [-0.39, 0.29) is 18.9 Å². The fourth-order valence-corrected chi connectivity index (χ4v) is 2.23. The van der Waals surface area contributed by atoms with Gasteiger partial charge in [0.15, 0.2) is 0 Å². The lowest BCUT2D eigenvalue weighted by Gasteiger charge is -2.24. The Kier molecular flexibility index (Phi) is 10.9. The standard InChI is InChI=1S/C18H33NO6/c1-6-8-10-13(9-7-2)24-16(22)14(11-12-15(20)21)19-17(23)25-18(3,4)5/h13-14H,6-12H2,1-5H3,(H,19,23)(H,20,21). The van der Waals surface area contributed by atoms with Crippen molar-refractivity contribution in [3.63, 3.8) is 0 Å². The minimum Gasteiger partial charge on any atom is -0.481 e. The van der Waals surface area contributed by atoms with E-state index in [1.54, 1.807) is 20.8 Å². The molecule has 25 heavy (non-hydrogen) atoms. The molecule has 0 radical (unpaired) electrons. The van der Waals surface area contributed by atoms with Gasteiger partial charge in [0.2, 0.25) is 0 Å². The number of alkyl carbamates (subject to hydrolysis) is 1. The number of esters is 1. The quantitative estimate of drug-likeness (QED) is 0.546. The van der Waals surface area contributed by atoms with Gasteiger partial charge in [0.25, 0.3) is 0 Å². The SMILES string of the molecule is CCCCC(CCC)OC(=O)C(CCC(=O)O)NC(=O)OC(C)(C)C. The fraction of sp³-hybridized carbons (Fsp3) is 0.833. The molecule has 0 aromatic rings. The molecule has 1 amide bonds. The fourth-order valence-electron chi connectivity index (χ4n) is 2.23. The van der Waals surface area contributed by atoms with Crippen LogP contribution in [0.5, 0.6) is 0 Å². The highest BCUT2D eigenvalue weighted by atomic mass is 16.6. The van der Waals surface area contributed by atoms with Crippen molar-refractivity contribution in [1.29, 1.82) is 0 Å². The number of aliphatic carboxylic acids is 1. The highest BCUT2D eigenvalue weighted by molar-refractivity contribution is 5.82. The molecular weight excluding hydrogens is 326 g/mol. The van der Waals surface area contributed by atoms with Gasteiger partial charge in [-0.25, -0.2) is 9.59 Å². The van der Waals surface area contributed by atoms with Crippen LogP contribution in [0.25, 0.3) is 0 Å². The van der Waals surface area contributed by atoms with Gasteiger partial charge >= 0.3 is 18.0 Å². The summed E-state index contributed by atoms with van der Waals surface area (Å²) in [6.45, 7) is 9.19. The normalized spacial score (nSPS) is 13.6. The molecule has 0 heterocycles. The zero-order valence-corrected chi connectivity index (χ0v) is 16.1. The number of ether oxygens (including phenoxy) is 2. The third-order valence-electron chi connectivity index (χ3n) is 3.40. The van der Waals surface area contributed by atoms with Crippen LogP contribution in [-0.2, 0) is 19.1 Å². The zero-order chi connectivity index (χ0) is 19.5. The molecule has 0 aliphatic heterocycles. The van der Waals surface area contributed by atoms with Crippen LogP contribution in [0.4, 0.5) is 4.79 Å². The molecule has 7 nitrogen and oxygen atoms in total. The van der Waals surface area contributed by atoms with Crippen LogP contribution in [0, 0.1) is 0 Å². The number of nitrogens with one attached hydrogen (secondary N) is 1. The zero-order valence-electron chi connectivity index (χ0n) is 16.1. The number of unbranched alkanes of at least 4 members (excludes halogenated alkanes) is 1. The van der Waals surface area contributed by atoms with E-state index in [1.807, 2.05) is 6.92 Å². The minimum absolute atomic E-state index is 0.0416. The predicted octanol–water partition coefficient (Wildman–Crippen LogP) is 3.65. The van der Waals surface area contributed by atoms with Crippen molar-refractivity contribution in [2.24, 2.45) is 0 Å². The Bertz CT molecular complexity index is 430. The summed E-state index contributed by atoms with van der Waals surface area (Å²) in [6.07, 6.45) is 3.04. The Morgan fingerprint density at radius 1 is 1.04 bits per heavy atom. The van der Waals surface area contributed by atoms with E-state index in [0.717, 1.165) is 32.1 Å². The number of rotatable bonds is 11. The first-order valence-corrected chi connectivity index (χ1v) is 9.00. The minimum atomic E-state index is -1.04. The summed E-state index contributed by atoms with van der Waals surface area (Å²) in [7, 11) is 0. The summed E-state index contributed by atoms with van der Waals surface area (Å²) < 4.78 is 10.7. The second-order valence-corrected chi connectivity index (χ2v) is 7.12. The van der Waals surface area contributed by atoms with Crippen molar-refractivity contribution in [3.05, 3.63) is 0 Å². The van der Waals surface area contributed by atoms with Crippen molar-refractivity contribution >= 4 is 18.0 Å². The molecule has 0 saturated carbocycles. The van der Waals surface area contributed by atoms with E-state index in [2.05, 4.69) is 12.2 Å². The molecule has 0 rings (SSSR count). The largest absolute Gasteiger partial charge is 0.481 e. The van der Waals surface area contributed by atoms with Crippen LogP contribution >= 0.6 is 0 Å². The third-order valence-corrected chi connectivity index (χ3v) is 3.40. The number of carboxylic acids is 1. The maximum absolute atomic E-state index is 12.4. The summed E-state index contributed by atoms with van der Waals surface area (Å²) >= 11 is 0. The van der Waals surface area contributed by atoms with Gasteiger partial charge in [0.05, 0.1) is 0 Å². The number of carbonyl (C=O) groups excluding carboxylic acids is 2. The molecule has 0 aliphatic rings. The molecule has 146 valence electrons. The Morgan fingerprint density at radius 2 is 1.68 bits per heavy atom. The lowest BCUT2D eigenvalue weighted by atomic mass is 10.1. The van der Waals surface area contributed by atoms with E-state index < -0.39 is 29.7 Å². The summed E-state index contributed by atoms with van der Waals surface area (Å²) in [5.41, 5.74) is -0.711. The number of amides is 1. The maximum Gasteiger partial charge on any atom is 0.408 e. The van der Waals surface area contributed by atoms with Crippen LogP contribution in [0.15, 0.2) is 0 Å². The molecule has 2 N–H and O–H groups in total. The Labute approximate surface area is 150 Å². The monoisotopic (exact) mass is 359 g/mol. The molecule has 2 atom stereocenters. The van der Waals surface area contributed by atoms with E-state index in [0.29, 0.717) is 0 Å². The van der Waals surface area contributed by atoms with Crippen molar-refractivity contribution in [1.82, 2.24) is 5.32 Å². The Morgan fingerprint density at radius 3 is 2.16 bits per heavy atom. The highest BCUT2D eigenvalue weighted by Gasteiger charge is 2.27. The molecule has 0 aromatic carbocycles. The maximum atomic E-state index is 12.4. The molecule has 0 aliphatic carbocycles. The highest BCUT2D eigenvalue weighted by Crippen LogP contribution is 2.14. The summed E-state index contributed by atoms with van der Waals surface area (Å²) in [5.74, 6) is -1.65. The van der Waals surface area contributed by atoms with Gasteiger partial charge in [-0.2, -0.15) is 0 Å². The molecule has 0 spiro atoms. The second-order valence-electron chi connectivity index (χ2n) is 7.12. The lowest BCUT2D eigenvalue weighted by molar-refractivity contribution is -0.152. The molecule has 0 aromatic heterocycles. The van der Waals surface area contributed by atoms with Crippen LogP contribution in [-0.4, -0.2) is 40.9 Å². The van der Waals surface area contributed by atoms with Crippen LogP contribution < -0.4 is 5.32 Å². The second kappa shape index (κ2) is 11.7. The number of carboxylic acid groups (broad SMARTS) is 1. The van der Waals surface area contributed by atoms with E-state index >= 15 is 0 Å². The average molecular weight is 359 g/mol. The molecular formula is C18H33NO6. The van der Waals surface area contributed by atoms with Crippen LogP contribution in [0.3, 0.4) is 0 Å². The van der Waals surface area contributed by atoms with Gasteiger partial charge in [-0.3, -0.25) is 4.79 Å². The number of carbonyl (C=O) groups is 3. The van der Waals surface area contributed by atoms with Crippen molar-refractivity contribution in [3.8, 4) is 0 Å². The van der Waals surface area contributed by atoms with Crippen LogP contribution in [0.1, 0.15) is 79.6 Å². The predicted molar refractivity (Wildman–Crippen MR) is 94.3 cm³/mol. The first-order chi connectivity index (χ1) is 11.6. The Balaban J connectivity index is 4.88. The first-order valence-electron chi connectivity index (χ1n) is 9.00. The number of hydrogen-bond acceptors (Lipinski definition) is 5. The van der Waals surface area contributed by atoms with Crippen LogP contribution in [0.2, 0.25) is 0 Å². The molecule has 2 unspecified atom stereocenters. The topological polar surface area (TPSA) is 102 Å². The number of hydrogen-bond donors (Lipinski definition) is 2. The smallest absolute Gasteiger partial charge is 0.408 e. The molecule has 0 saturated heterocycles. The third kappa shape index (κ3) is 12.3. The summed E-state index contributed by atoms with van der Waals surface area (Å²) in [5, 5.41) is 11.3. The molecule has 0 bridgehead atoms. The van der Waals surface area contributed by atoms with Gasteiger partial charge < -0.3 is 19.9 Å². The van der Waals surface area contributed by atoms with E-state index in [9.17, 15) is 14.4 Å². The van der Waals surface area contributed by atoms with E-state index in [1.165, 1.54) is 0 Å². The summed E-state index contributed by atoms with van der Waals surface area (Å²) in [6, 6.07) is -1.04. The van der Waals surface area contributed by atoms with Crippen molar-refractivity contribution < 1.29 is 29.0 Å². The van der Waals surface area contributed by atoms with Gasteiger partial charge in [0, 0.05) is 6.42 Å². The van der Waals surface area contributed by atoms with Gasteiger partial charge in [0.1, 0.15) is 17.7 Å². The van der Waals surface area contributed by atoms with Gasteiger partial charge in [-0.15, -0.1) is 0 Å². The Hall–Kier alpha value is -1.79. The van der Waals surface area contributed by atoms with Gasteiger partial charge in [-0.05, 0) is 40.0 Å². The average Bonchev–Trinajstić information content (AvgIpc) is 2.47. The van der Waals surface area contributed by atoms with Crippen molar-refractivity contribution in [2.75, 3.05) is 0 Å². The first kappa shape index (κ1) is 23.2. The summed E-state index contributed by atoms with van der Waals surface area (Å²) in [4.78, 5) is 35.1. The molecule has 7 heteroatoms. The van der Waals surface area contributed by atoms with Gasteiger partial charge in [-0.1, -0.05) is 33.1 Å².